The number of aromatic nitrogens is 1. The van der Waals surface area contributed by atoms with E-state index in [4.69, 9.17) is 5.73 Å². The molecule has 16 heavy (non-hydrogen) atoms. The van der Waals surface area contributed by atoms with Gasteiger partial charge < -0.3 is 10.8 Å². The van der Waals surface area contributed by atoms with Gasteiger partial charge in [0.1, 0.15) is 5.82 Å². The smallest absolute Gasteiger partial charge is 0.127 e. The molecule has 0 saturated heterocycles. The van der Waals surface area contributed by atoms with Crippen LogP contribution in [-0.2, 0) is 6.54 Å². The standard InChI is InChI=1S/C12H21N3O/c1-9(2)15(10(3)8-16)7-11-5-4-6-14-12(11)13/h4-6,9-10,16H,7-8H2,1-3H3,(H2,13,14). The lowest BCUT2D eigenvalue weighted by Crippen LogP contribution is -2.40. The molecular weight excluding hydrogens is 202 g/mol. The van der Waals surface area contributed by atoms with Crippen molar-refractivity contribution < 1.29 is 5.11 Å². The molecule has 0 radical (unpaired) electrons. The summed E-state index contributed by atoms with van der Waals surface area (Å²) >= 11 is 0. The first-order valence-electron chi connectivity index (χ1n) is 5.62. The van der Waals surface area contributed by atoms with Crippen molar-refractivity contribution >= 4 is 5.82 Å². The number of pyridine rings is 1. The molecule has 0 aliphatic heterocycles. The summed E-state index contributed by atoms with van der Waals surface area (Å²) in [6, 6.07) is 4.34. The van der Waals surface area contributed by atoms with Gasteiger partial charge in [-0.1, -0.05) is 6.07 Å². The first kappa shape index (κ1) is 12.9. The molecule has 1 atom stereocenters. The zero-order valence-electron chi connectivity index (χ0n) is 10.2. The van der Waals surface area contributed by atoms with Crippen molar-refractivity contribution in [2.75, 3.05) is 12.3 Å². The minimum atomic E-state index is 0.125. The Bertz CT molecular complexity index is 328. The van der Waals surface area contributed by atoms with E-state index < -0.39 is 0 Å². The summed E-state index contributed by atoms with van der Waals surface area (Å²) in [4.78, 5) is 6.27. The summed E-state index contributed by atoms with van der Waals surface area (Å²) in [6.07, 6.45) is 1.69. The Morgan fingerprint density at radius 1 is 1.44 bits per heavy atom. The maximum atomic E-state index is 9.21. The van der Waals surface area contributed by atoms with Gasteiger partial charge in [0.2, 0.25) is 0 Å². The average Bonchev–Trinajstić information content (AvgIpc) is 2.26. The topological polar surface area (TPSA) is 62.4 Å². The highest BCUT2D eigenvalue weighted by Gasteiger charge is 2.17. The van der Waals surface area contributed by atoms with Crippen LogP contribution in [0.4, 0.5) is 5.82 Å². The van der Waals surface area contributed by atoms with Gasteiger partial charge in [0.15, 0.2) is 0 Å². The largest absolute Gasteiger partial charge is 0.395 e. The molecular formula is C12H21N3O. The average molecular weight is 223 g/mol. The minimum absolute atomic E-state index is 0.125. The molecule has 1 heterocycles. The molecule has 90 valence electrons. The van der Waals surface area contributed by atoms with Crippen LogP contribution in [0.1, 0.15) is 26.3 Å². The maximum Gasteiger partial charge on any atom is 0.127 e. The zero-order valence-corrected chi connectivity index (χ0v) is 10.2. The second kappa shape index (κ2) is 5.82. The Kier molecular flexibility index (Phi) is 4.71. The highest BCUT2D eigenvalue weighted by molar-refractivity contribution is 5.38. The fourth-order valence-corrected chi connectivity index (χ4v) is 1.73. The Labute approximate surface area is 97.1 Å². The fourth-order valence-electron chi connectivity index (χ4n) is 1.73. The number of hydrogen-bond donors (Lipinski definition) is 2. The predicted molar refractivity (Wildman–Crippen MR) is 65.9 cm³/mol. The van der Waals surface area contributed by atoms with Crippen LogP contribution in [-0.4, -0.2) is 33.7 Å². The van der Waals surface area contributed by atoms with Crippen molar-refractivity contribution in [2.45, 2.75) is 39.4 Å². The van der Waals surface area contributed by atoms with Crippen LogP contribution >= 0.6 is 0 Å². The molecule has 1 aromatic heterocycles. The highest BCUT2D eigenvalue weighted by atomic mass is 16.3. The Morgan fingerprint density at radius 3 is 2.62 bits per heavy atom. The number of nitrogens with zero attached hydrogens (tertiary/aromatic N) is 2. The van der Waals surface area contributed by atoms with Crippen molar-refractivity contribution in [3.05, 3.63) is 23.9 Å². The van der Waals surface area contributed by atoms with Crippen molar-refractivity contribution in [1.82, 2.24) is 9.88 Å². The molecule has 4 heteroatoms. The van der Waals surface area contributed by atoms with E-state index in [0.717, 1.165) is 12.1 Å². The Balaban J connectivity index is 2.80. The Hall–Kier alpha value is -1.13. The normalized spacial score (nSPS) is 13.4. The van der Waals surface area contributed by atoms with E-state index in [9.17, 15) is 5.11 Å². The van der Waals surface area contributed by atoms with Gasteiger partial charge in [-0.2, -0.15) is 0 Å². The Morgan fingerprint density at radius 2 is 2.12 bits per heavy atom. The predicted octanol–water partition coefficient (Wildman–Crippen LogP) is 1.25. The molecule has 1 aromatic rings. The lowest BCUT2D eigenvalue weighted by molar-refractivity contribution is 0.0996. The van der Waals surface area contributed by atoms with Crippen molar-refractivity contribution in [1.29, 1.82) is 0 Å². The van der Waals surface area contributed by atoms with E-state index in [2.05, 4.69) is 23.7 Å². The monoisotopic (exact) mass is 223 g/mol. The fraction of sp³-hybridized carbons (Fsp3) is 0.583. The van der Waals surface area contributed by atoms with Crippen LogP contribution in [0, 0.1) is 0 Å². The summed E-state index contributed by atoms with van der Waals surface area (Å²) in [7, 11) is 0. The number of aliphatic hydroxyl groups excluding tert-OH is 1. The first-order chi connectivity index (χ1) is 7.56. The number of aliphatic hydroxyl groups is 1. The van der Waals surface area contributed by atoms with E-state index >= 15 is 0 Å². The van der Waals surface area contributed by atoms with E-state index in [1.54, 1.807) is 6.20 Å². The molecule has 3 N–H and O–H groups in total. The van der Waals surface area contributed by atoms with Gasteiger partial charge in [0.25, 0.3) is 0 Å². The third kappa shape index (κ3) is 3.18. The molecule has 1 rings (SSSR count). The van der Waals surface area contributed by atoms with Gasteiger partial charge in [-0.25, -0.2) is 4.98 Å². The number of hydrogen-bond acceptors (Lipinski definition) is 4. The molecule has 0 aromatic carbocycles. The van der Waals surface area contributed by atoms with Crippen molar-refractivity contribution in [3.63, 3.8) is 0 Å². The molecule has 0 amide bonds. The highest BCUT2D eigenvalue weighted by Crippen LogP contribution is 2.15. The molecule has 0 bridgehead atoms. The van der Waals surface area contributed by atoms with Crippen LogP contribution in [0.15, 0.2) is 18.3 Å². The second-order valence-electron chi connectivity index (χ2n) is 4.35. The summed E-state index contributed by atoms with van der Waals surface area (Å²) in [6.45, 7) is 7.10. The van der Waals surface area contributed by atoms with Gasteiger partial charge in [0.05, 0.1) is 6.61 Å². The summed E-state index contributed by atoms with van der Waals surface area (Å²) in [5.74, 6) is 0.568. The van der Waals surface area contributed by atoms with Crippen molar-refractivity contribution in [2.24, 2.45) is 0 Å². The number of rotatable bonds is 5. The molecule has 0 fully saturated rings. The number of nitrogens with two attached hydrogens (primary N) is 1. The van der Waals surface area contributed by atoms with Gasteiger partial charge in [-0.15, -0.1) is 0 Å². The minimum Gasteiger partial charge on any atom is -0.395 e. The third-order valence-corrected chi connectivity index (χ3v) is 2.77. The van der Waals surface area contributed by atoms with E-state index in [-0.39, 0.29) is 12.6 Å². The number of nitrogen functional groups attached to an aromatic ring is 1. The molecule has 0 aliphatic carbocycles. The SMILES string of the molecule is CC(C)N(Cc1cccnc1N)C(C)CO. The van der Waals surface area contributed by atoms with Crippen LogP contribution in [0.3, 0.4) is 0 Å². The van der Waals surface area contributed by atoms with Gasteiger partial charge >= 0.3 is 0 Å². The summed E-state index contributed by atoms with van der Waals surface area (Å²) < 4.78 is 0. The molecule has 0 saturated carbocycles. The van der Waals surface area contributed by atoms with Crippen LogP contribution in [0.5, 0.6) is 0 Å². The van der Waals surface area contributed by atoms with E-state index in [0.29, 0.717) is 11.9 Å². The van der Waals surface area contributed by atoms with E-state index in [1.807, 2.05) is 19.1 Å². The lowest BCUT2D eigenvalue weighted by Gasteiger charge is -2.31. The maximum absolute atomic E-state index is 9.21. The zero-order chi connectivity index (χ0) is 12.1. The molecule has 4 nitrogen and oxygen atoms in total. The van der Waals surface area contributed by atoms with Gasteiger partial charge in [-0.3, -0.25) is 4.90 Å². The van der Waals surface area contributed by atoms with Crippen LogP contribution in [0.25, 0.3) is 0 Å². The van der Waals surface area contributed by atoms with Crippen LogP contribution in [0.2, 0.25) is 0 Å². The second-order valence-corrected chi connectivity index (χ2v) is 4.35. The summed E-state index contributed by atoms with van der Waals surface area (Å²) in [5, 5.41) is 9.21. The third-order valence-electron chi connectivity index (χ3n) is 2.77. The number of anilines is 1. The van der Waals surface area contributed by atoms with Gasteiger partial charge in [-0.05, 0) is 26.8 Å². The van der Waals surface area contributed by atoms with E-state index in [1.165, 1.54) is 0 Å². The molecule has 0 spiro atoms. The first-order valence-corrected chi connectivity index (χ1v) is 5.62. The van der Waals surface area contributed by atoms with Gasteiger partial charge in [0, 0.05) is 30.4 Å². The molecule has 1 unspecified atom stereocenters. The lowest BCUT2D eigenvalue weighted by atomic mass is 10.1. The molecule has 0 aliphatic rings. The van der Waals surface area contributed by atoms with Crippen LogP contribution < -0.4 is 5.73 Å². The quantitative estimate of drug-likeness (QED) is 0.788. The van der Waals surface area contributed by atoms with Crippen molar-refractivity contribution in [3.8, 4) is 0 Å². The summed E-state index contributed by atoms with van der Waals surface area (Å²) in [5.41, 5.74) is 6.82.